The molecule has 1 aromatic heterocycles. The molecule has 0 amide bonds. The van der Waals surface area contributed by atoms with Crippen LogP contribution in [0.25, 0.3) is 0 Å². The molecule has 1 aromatic rings. The van der Waals surface area contributed by atoms with Gasteiger partial charge in [-0.1, -0.05) is 20.3 Å². The maximum Gasteiger partial charge on any atom is 0.0959 e. The van der Waals surface area contributed by atoms with Crippen molar-refractivity contribution in [3.8, 4) is 0 Å². The minimum Gasteiger partial charge on any atom is -0.312 e. The van der Waals surface area contributed by atoms with Crippen LogP contribution in [-0.4, -0.2) is 11.5 Å². The normalized spacial score (nSPS) is 25.1. The molecule has 2 atom stereocenters. The summed E-state index contributed by atoms with van der Waals surface area (Å²) >= 11 is 1.91. The highest BCUT2D eigenvalue weighted by molar-refractivity contribution is 7.11. The van der Waals surface area contributed by atoms with Crippen molar-refractivity contribution in [2.75, 3.05) is 6.54 Å². The fraction of sp³-hybridized carbons (Fsp3) is 0.769. The maximum atomic E-state index is 4.60. The Balaban J connectivity index is 1.92. The summed E-state index contributed by atoms with van der Waals surface area (Å²) in [6.45, 7) is 6.48. The fourth-order valence-corrected chi connectivity index (χ4v) is 3.55. The third kappa shape index (κ3) is 2.83. The molecular formula is C13H22N2S. The number of hydrogen-bond acceptors (Lipinski definition) is 3. The van der Waals surface area contributed by atoms with Gasteiger partial charge in [-0.3, -0.25) is 0 Å². The molecule has 1 N–H and O–H groups in total. The van der Waals surface area contributed by atoms with Gasteiger partial charge >= 0.3 is 0 Å². The van der Waals surface area contributed by atoms with Gasteiger partial charge in [0, 0.05) is 23.5 Å². The molecule has 0 spiro atoms. The molecule has 0 aromatic carbocycles. The number of rotatable bonds is 5. The smallest absolute Gasteiger partial charge is 0.0959 e. The first-order valence-electron chi connectivity index (χ1n) is 6.48. The van der Waals surface area contributed by atoms with E-state index in [0.717, 1.165) is 24.9 Å². The molecule has 16 heavy (non-hydrogen) atoms. The number of thiazole rings is 1. The lowest BCUT2D eigenvalue weighted by atomic mass is 10.0. The summed E-state index contributed by atoms with van der Waals surface area (Å²) in [6.07, 6.45) is 7.52. The molecule has 2 rings (SSSR count). The summed E-state index contributed by atoms with van der Waals surface area (Å²) in [5, 5.41) is 4.74. The average Bonchev–Trinajstić information content (AvgIpc) is 2.94. The van der Waals surface area contributed by atoms with Crippen molar-refractivity contribution in [2.45, 2.75) is 52.0 Å². The van der Waals surface area contributed by atoms with E-state index in [9.17, 15) is 0 Å². The molecule has 0 aliphatic heterocycles. The van der Waals surface area contributed by atoms with Gasteiger partial charge in [0.15, 0.2) is 0 Å². The minimum atomic E-state index is 0.755. The van der Waals surface area contributed by atoms with Gasteiger partial charge in [-0.05, 0) is 31.7 Å². The topological polar surface area (TPSA) is 24.9 Å². The predicted molar refractivity (Wildman–Crippen MR) is 69.9 cm³/mol. The average molecular weight is 238 g/mol. The van der Waals surface area contributed by atoms with Gasteiger partial charge < -0.3 is 5.32 Å². The first-order chi connectivity index (χ1) is 7.83. The van der Waals surface area contributed by atoms with E-state index in [4.69, 9.17) is 0 Å². The third-order valence-corrected chi connectivity index (χ3v) is 4.75. The fourth-order valence-electron chi connectivity index (χ4n) is 2.51. The second-order valence-corrected chi connectivity index (χ2v) is 5.88. The predicted octanol–water partition coefficient (Wildman–Crippen LogP) is 3.55. The van der Waals surface area contributed by atoms with Gasteiger partial charge in [-0.2, -0.15) is 0 Å². The van der Waals surface area contributed by atoms with Crippen molar-refractivity contribution < 1.29 is 0 Å². The van der Waals surface area contributed by atoms with Gasteiger partial charge in [0.05, 0.1) is 5.01 Å². The van der Waals surface area contributed by atoms with Crippen molar-refractivity contribution in [1.29, 1.82) is 0 Å². The molecule has 0 radical (unpaired) electrons. The molecule has 3 heteroatoms. The maximum absolute atomic E-state index is 4.60. The van der Waals surface area contributed by atoms with Crippen molar-refractivity contribution >= 4 is 11.3 Å². The van der Waals surface area contributed by atoms with E-state index in [2.05, 4.69) is 30.3 Å². The summed E-state index contributed by atoms with van der Waals surface area (Å²) < 4.78 is 0. The summed E-state index contributed by atoms with van der Waals surface area (Å²) in [4.78, 5) is 5.98. The number of nitrogens with zero attached hydrogens (tertiary/aromatic N) is 1. The van der Waals surface area contributed by atoms with E-state index in [1.165, 1.54) is 35.6 Å². The lowest BCUT2D eigenvalue weighted by Gasteiger charge is -2.06. The molecule has 1 aliphatic carbocycles. The van der Waals surface area contributed by atoms with E-state index < -0.39 is 0 Å². The highest BCUT2D eigenvalue weighted by Crippen LogP contribution is 2.40. The zero-order valence-electron chi connectivity index (χ0n) is 10.3. The molecule has 0 bridgehead atoms. The van der Waals surface area contributed by atoms with Crippen LogP contribution in [-0.2, 0) is 6.54 Å². The zero-order valence-corrected chi connectivity index (χ0v) is 11.1. The number of aromatic nitrogens is 1. The Bertz CT molecular complexity index is 321. The molecule has 90 valence electrons. The molecule has 1 heterocycles. The van der Waals surface area contributed by atoms with Crippen LogP contribution in [0.1, 0.15) is 55.3 Å². The van der Waals surface area contributed by atoms with Crippen LogP contribution in [0.3, 0.4) is 0 Å². The summed E-state index contributed by atoms with van der Waals surface area (Å²) in [6, 6.07) is 0. The Hall–Kier alpha value is -0.410. The van der Waals surface area contributed by atoms with Crippen molar-refractivity contribution in [2.24, 2.45) is 5.92 Å². The zero-order chi connectivity index (χ0) is 11.4. The largest absolute Gasteiger partial charge is 0.312 e. The molecule has 1 aliphatic rings. The highest BCUT2D eigenvalue weighted by atomic mass is 32.1. The van der Waals surface area contributed by atoms with Gasteiger partial charge in [0.2, 0.25) is 0 Å². The van der Waals surface area contributed by atoms with Crippen LogP contribution in [0.5, 0.6) is 0 Å². The Morgan fingerprint density at radius 3 is 3.00 bits per heavy atom. The SMILES string of the molecule is CCNCc1cnc(C2CCC(CC)C2)s1. The van der Waals surface area contributed by atoms with Crippen LogP contribution < -0.4 is 5.32 Å². The number of hydrogen-bond donors (Lipinski definition) is 1. The van der Waals surface area contributed by atoms with E-state index in [1.807, 2.05) is 11.3 Å². The van der Waals surface area contributed by atoms with Gasteiger partial charge in [0.1, 0.15) is 0 Å². The first kappa shape index (κ1) is 12.1. The molecule has 2 nitrogen and oxygen atoms in total. The van der Waals surface area contributed by atoms with Crippen LogP contribution in [0.4, 0.5) is 0 Å². The lowest BCUT2D eigenvalue weighted by Crippen LogP contribution is -2.10. The van der Waals surface area contributed by atoms with Crippen LogP contribution >= 0.6 is 11.3 Å². The standard InChI is InChI=1S/C13H22N2S/c1-3-10-5-6-11(7-10)13-15-9-12(16-13)8-14-4-2/h9-11,14H,3-8H2,1-2H3. The lowest BCUT2D eigenvalue weighted by molar-refractivity contribution is 0.521. The van der Waals surface area contributed by atoms with Crippen LogP contribution in [0.2, 0.25) is 0 Å². The van der Waals surface area contributed by atoms with Gasteiger partial charge in [0.25, 0.3) is 0 Å². The van der Waals surface area contributed by atoms with Crippen molar-refractivity contribution in [3.63, 3.8) is 0 Å². The summed E-state index contributed by atoms with van der Waals surface area (Å²) in [5.41, 5.74) is 0. The second-order valence-electron chi connectivity index (χ2n) is 4.73. The first-order valence-corrected chi connectivity index (χ1v) is 7.30. The minimum absolute atomic E-state index is 0.755. The molecule has 1 saturated carbocycles. The van der Waals surface area contributed by atoms with E-state index in [0.29, 0.717) is 0 Å². The highest BCUT2D eigenvalue weighted by Gasteiger charge is 2.26. The summed E-state index contributed by atoms with van der Waals surface area (Å²) in [7, 11) is 0. The second kappa shape index (κ2) is 5.78. The van der Waals surface area contributed by atoms with E-state index in [1.54, 1.807) is 0 Å². The Kier molecular flexibility index (Phi) is 4.36. The Labute approximate surface area is 102 Å². The molecule has 2 unspecified atom stereocenters. The molecule has 1 fully saturated rings. The number of nitrogens with one attached hydrogen (secondary N) is 1. The summed E-state index contributed by atoms with van der Waals surface area (Å²) in [5.74, 6) is 1.71. The van der Waals surface area contributed by atoms with Crippen LogP contribution in [0.15, 0.2) is 6.20 Å². The monoisotopic (exact) mass is 238 g/mol. The van der Waals surface area contributed by atoms with Gasteiger partial charge in [-0.15, -0.1) is 11.3 Å². The Morgan fingerprint density at radius 1 is 1.44 bits per heavy atom. The van der Waals surface area contributed by atoms with E-state index >= 15 is 0 Å². The quantitative estimate of drug-likeness (QED) is 0.848. The van der Waals surface area contributed by atoms with Crippen molar-refractivity contribution in [1.82, 2.24) is 10.3 Å². The van der Waals surface area contributed by atoms with E-state index in [-0.39, 0.29) is 0 Å². The third-order valence-electron chi connectivity index (χ3n) is 3.59. The Morgan fingerprint density at radius 2 is 2.31 bits per heavy atom. The van der Waals surface area contributed by atoms with Gasteiger partial charge in [-0.25, -0.2) is 4.98 Å². The molecule has 0 saturated heterocycles. The molecular weight excluding hydrogens is 216 g/mol. The van der Waals surface area contributed by atoms with Crippen LogP contribution in [0, 0.1) is 5.92 Å². The van der Waals surface area contributed by atoms with Crippen molar-refractivity contribution in [3.05, 3.63) is 16.1 Å².